The van der Waals surface area contributed by atoms with E-state index in [4.69, 9.17) is 13.9 Å². The summed E-state index contributed by atoms with van der Waals surface area (Å²) >= 11 is 0. The van der Waals surface area contributed by atoms with E-state index in [1.807, 2.05) is 19.1 Å². The Morgan fingerprint density at radius 3 is 2.60 bits per heavy atom. The molecule has 5 nitrogen and oxygen atoms in total. The highest BCUT2D eigenvalue weighted by Crippen LogP contribution is 2.19. The molecule has 136 valence electrons. The lowest BCUT2D eigenvalue weighted by molar-refractivity contribution is 0.0913. The molecule has 0 saturated carbocycles. The van der Waals surface area contributed by atoms with Crippen LogP contribution in [0.25, 0.3) is 0 Å². The Kier molecular flexibility index (Phi) is 7.54. The van der Waals surface area contributed by atoms with Crippen molar-refractivity contribution in [2.24, 2.45) is 0 Å². The van der Waals surface area contributed by atoms with Crippen LogP contribution in [-0.2, 0) is 11.3 Å². The van der Waals surface area contributed by atoms with Crippen LogP contribution in [0.1, 0.15) is 55.0 Å². The van der Waals surface area contributed by atoms with E-state index in [-0.39, 0.29) is 5.91 Å². The van der Waals surface area contributed by atoms with E-state index in [1.54, 1.807) is 12.1 Å². The van der Waals surface area contributed by atoms with Gasteiger partial charge in [-0.15, -0.1) is 0 Å². The van der Waals surface area contributed by atoms with Crippen LogP contribution < -0.4 is 10.1 Å². The lowest BCUT2D eigenvalue weighted by Crippen LogP contribution is -2.24. The number of amides is 1. The Bertz CT molecular complexity index is 646. The molecule has 0 fully saturated rings. The Hall–Kier alpha value is -2.27. The number of benzene rings is 1. The molecule has 0 atom stereocenters. The Labute approximate surface area is 149 Å². The van der Waals surface area contributed by atoms with Crippen molar-refractivity contribution in [2.45, 2.75) is 39.7 Å². The summed E-state index contributed by atoms with van der Waals surface area (Å²) in [5, 5.41) is 2.81. The van der Waals surface area contributed by atoms with Gasteiger partial charge in [0, 0.05) is 19.8 Å². The first kappa shape index (κ1) is 19.1. The maximum Gasteiger partial charge on any atom is 0.286 e. The number of hydrogen-bond donors (Lipinski definition) is 1. The number of furan rings is 1. The summed E-state index contributed by atoms with van der Waals surface area (Å²) in [6.07, 6.45) is 0.780. The summed E-state index contributed by atoms with van der Waals surface area (Å²) in [6.45, 7) is 8.44. The van der Waals surface area contributed by atoms with E-state index < -0.39 is 0 Å². The van der Waals surface area contributed by atoms with Gasteiger partial charge in [-0.05, 0) is 49.1 Å². The second-order valence-corrected chi connectivity index (χ2v) is 6.08. The van der Waals surface area contributed by atoms with E-state index in [2.05, 4.69) is 31.3 Å². The van der Waals surface area contributed by atoms with Crippen LogP contribution in [0.3, 0.4) is 0 Å². The predicted molar refractivity (Wildman–Crippen MR) is 97.0 cm³/mol. The molecule has 0 unspecified atom stereocenters. The third-order valence-electron chi connectivity index (χ3n) is 3.77. The summed E-state index contributed by atoms with van der Waals surface area (Å²) in [7, 11) is 0. The zero-order valence-electron chi connectivity index (χ0n) is 15.2. The van der Waals surface area contributed by atoms with Crippen LogP contribution in [0, 0.1) is 0 Å². The van der Waals surface area contributed by atoms with Crippen molar-refractivity contribution in [1.29, 1.82) is 0 Å². The highest BCUT2D eigenvalue weighted by Gasteiger charge is 2.11. The lowest BCUT2D eigenvalue weighted by atomic mass is 10.0. The molecule has 2 aromatic rings. The number of ether oxygens (including phenoxy) is 2. The van der Waals surface area contributed by atoms with Crippen molar-refractivity contribution >= 4 is 5.91 Å². The smallest absolute Gasteiger partial charge is 0.286 e. The monoisotopic (exact) mass is 345 g/mol. The molecule has 0 aliphatic carbocycles. The molecule has 1 aromatic heterocycles. The molecule has 0 aliphatic heterocycles. The molecule has 0 aliphatic rings. The van der Waals surface area contributed by atoms with Crippen molar-refractivity contribution < 1.29 is 18.7 Å². The van der Waals surface area contributed by atoms with Crippen LogP contribution in [0.4, 0.5) is 0 Å². The van der Waals surface area contributed by atoms with Gasteiger partial charge in [-0.1, -0.05) is 26.0 Å². The standard InChI is InChI=1S/C20H27NO4/c1-4-23-13-5-12-21-20(22)19-11-10-18(25-19)14-24-17-8-6-16(7-9-17)15(2)3/h6-11,15H,4-5,12-14H2,1-3H3,(H,21,22). The third kappa shape index (κ3) is 6.27. The Morgan fingerprint density at radius 2 is 1.92 bits per heavy atom. The van der Waals surface area contributed by atoms with Crippen molar-refractivity contribution in [1.82, 2.24) is 5.32 Å². The first-order chi connectivity index (χ1) is 12.1. The molecule has 0 spiro atoms. The van der Waals surface area contributed by atoms with E-state index in [1.165, 1.54) is 5.56 Å². The molecular weight excluding hydrogens is 318 g/mol. The molecule has 0 saturated heterocycles. The second kappa shape index (κ2) is 9.89. The lowest BCUT2D eigenvalue weighted by Gasteiger charge is -2.08. The fourth-order valence-corrected chi connectivity index (χ4v) is 2.29. The minimum absolute atomic E-state index is 0.218. The predicted octanol–water partition coefficient (Wildman–Crippen LogP) is 4.14. The largest absolute Gasteiger partial charge is 0.486 e. The van der Waals surface area contributed by atoms with Crippen molar-refractivity contribution in [2.75, 3.05) is 19.8 Å². The quantitative estimate of drug-likeness (QED) is 0.658. The topological polar surface area (TPSA) is 60.7 Å². The molecule has 2 rings (SSSR count). The average molecular weight is 345 g/mol. The zero-order chi connectivity index (χ0) is 18.1. The summed E-state index contributed by atoms with van der Waals surface area (Å²) in [5.41, 5.74) is 1.27. The number of carbonyl (C=O) groups is 1. The highest BCUT2D eigenvalue weighted by molar-refractivity contribution is 5.91. The summed E-state index contributed by atoms with van der Waals surface area (Å²) in [6, 6.07) is 11.4. The van der Waals surface area contributed by atoms with Gasteiger partial charge < -0.3 is 19.2 Å². The number of carbonyl (C=O) groups excluding carboxylic acids is 1. The average Bonchev–Trinajstić information content (AvgIpc) is 3.09. The van der Waals surface area contributed by atoms with E-state index in [0.717, 1.165) is 12.2 Å². The molecule has 25 heavy (non-hydrogen) atoms. The summed E-state index contributed by atoms with van der Waals surface area (Å²) in [4.78, 5) is 12.0. The number of hydrogen-bond acceptors (Lipinski definition) is 4. The molecule has 1 N–H and O–H groups in total. The Balaban J connectivity index is 1.77. The molecular formula is C20H27NO4. The molecule has 0 radical (unpaired) electrons. The highest BCUT2D eigenvalue weighted by atomic mass is 16.5. The van der Waals surface area contributed by atoms with Crippen molar-refractivity contribution in [3.8, 4) is 5.75 Å². The molecule has 5 heteroatoms. The maximum atomic E-state index is 12.0. The minimum atomic E-state index is -0.218. The van der Waals surface area contributed by atoms with Crippen LogP contribution in [-0.4, -0.2) is 25.7 Å². The molecule has 1 amide bonds. The van der Waals surface area contributed by atoms with Gasteiger partial charge in [0.15, 0.2) is 5.76 Å². The molecule has 1 aromatic carbocycles. The van der Waals surface area contributed by atoms with Gasteiger partial charge in [-0.3, -0.25) is 4.79 Å². The Morgan fingerprint density at radius 1 is 1.16 bits per heavy atom. The molecule has 1 heterocycles. The van der Waals surface area contributed by atoms with Gasteiger partial charge in [-0.2, -0.15) is 0 Å². The normalized spacial score (nSPS) is 10.9. The number of rotatable bonds is 10. The van der Waals surface area contributed by atoms with E-state index in [9.17, 15) is 4.79 Å². The molecule has 0 bridgehead atoms. The summed E-state index contributed by atoms with van der Waals surface area (Å²) < 4.78 is 16.5. The first-order valence-electron chi connectivity index (χ1n) is 8.77. The third-order valence-corrected chi connectivity index (χ3v) is 3.77. The SMILES string of the molecule is CCOCCCNC(=O)c1ccc(COc2ccc(C(C)C)cc2)o1. The number of nitrogens with one attached hydrogen (secondary N) is 1. The van der Waals surface area contributed by atoms with Crippen LogP contribution in [0.5, 0.6) is 5.75 Å². The zero-order valence-corrected chi connectivity index (χ0v) is 15.2. The van der Waals surface area contributed by atoms with Crippen LogP contribution in [0.15, 0.2) is 40.8 Å². The first-order valence-corrected chi connectivity index (χ1v) is 8.77. The minimum Gasteiger partial charge on any atom is -0.486 e. The maximum absolute atomic E-state index is 12.0. The van der Waals surface area contributed by atoms with Crippen molar-refractivity contribution in [3.63, 3.8) is 0 Å². The van der Waals surface area contributed by atoms with E-state index >= 15 is 0 Å². The fraction of sp³-hybridized carbons (Fsp3) is 0.450. The van der Waals surface area contributed by atoms with Gasteiger partial charge in [0.05, 0.1) is 0 Å². The van der Waals surface area contributed by atoms with Gasteiger partial charge in [0.1, 0.15) is 18.1 Å². The van der Waals surface area contributed by atoms with Gasteiger partial charge >= 0.3 is 0 Å². The summed E-state index contributed by atoms with van der Waals surface area (Å²) in [5.74, 6) is 1.97. The van der Waals surface area contributed by atoms with Gasteiger partial charge in [0.2, 0.25) is 0 Å². The fourth-order valence-electron chi connectivity index (χ4n) is 2.29. The van der Waals surface area contributed by atoms with Crippen LogP contribution >= 0.6 is 0 Å². The van der Waals surface area contributed by atoms with E-state index in [0.29, 0.717) is 43.8 Å². The van der Waals surface area contributed by atoms with Crippen molar-refractivity contribution in [3.05, 3.63) is 53.5 Å². The van der Waals surface area contributed by atoms with Gasteiger partial charge in [0.25, 0.3) is 5.91 Å². The van der Waals surface area contributed by atoms with Gasteiger partial charge in [-0.25, -0.2) is 0 Å². The second-order valence-electron chi connectivity index (χ2n) is 6.08. The van der Waals surface area contributed by atoms with Crippen LogP contribution in [0.2, 0.25) is 0 Å².